The first-order valence-electron chi connectivity index (χ1n) is 9.41. The van der Waals surface area contributed by atoms with Crippen molar-refractivity contribution in [3.05, 3.63) is 84.2 Å². The number of rotatable bonds is 8. The van der Waals surface area contributed by atoms with Gasteiger partial charge in [-0.05, 0) is 35.7 Å². The van der Waals surface area contributed by atoms with E-state index in [9.17, 15) is 0 Å². The third-order valence-corrected chi connectivity index (χ3v) is 4.55. The summed E-state index contributed by atoms with van der Waals surface area (Å²) >= 11 is 0. The summed E-state index contributed by atoms with van der Waals surface area (Å²) in [7, 11) is 3.50. The third-order valence-electron chi connectivity index (χ3n) is 4.55. The largest absolute Gasteiger partial charge is 0.375 e. The minimum absolute atomic E-state index is 0.0189. The van der Waals surface area contributed by atoms with Crippen molar-refractivity contribution in [3.63, 3.8) is 0 Å². The summed E-state index contributed by atoms with van der Waals surface area (Å²) in [5.74, 6) is 0.770. The van der Waals surface area contributed by atoms with Gasteiger partial charge in [0.05, 0.1) is 11.8 Å². The highest BCUT2D eigenvalue weighted by Crippen LogP contribution is 2.14. The van der Waals surface area contributed by atoms with Crippen LogP contribution in [0.25, 0.3) is 5.69 Å². The van der Waals surface area contributed by atoms with Gasteiger partial charge < -0.3 is 15.4 Å². The minimum atomic E-state index is -0.0189. The van der Waals surface area contributed by atoms with Crippen LogP contribution in [0.3, 0.4) is 0 Å². The van der Waals surface area contributed by atoms with Gasteiger partial charge in [-0.15, -0.1) is 0 Å². The fraction of sp³-hybridized carbons (Fsp3) is 0.273. The molecule has 146 valence electrons. The van der Waals surface area contributed by atoms with Gasteiger partial charge in [0.15, 0.2) is 5.96 Å². The molecule has 6 heteroatoms. The molecule has 1 unspecified atom stereocenters. The highest BCUT2D eigenvalue weighted by molar-refractivity contribution is 5.79. The highest BCUT2D eigenvalue weighted by Gasteiger charge is 2.10. The number of nitrogens with zero attached hydrogens (tertiary/aromatic N) is 3. The number of hydrogen-bond acceptors (Lipinski definition) is 3. The molecule has 0 fully saturated rings. The van der Waals surface area contributed by atoms with E-state index in [4.69, 9.17) is 4.74 Å². The summed E-state index contributed by atoms with van der Waals surface area (Å²) in [5.41, 5.74) is 3.47. The number of hydrogen-bond donors (Lipinski definition) is 2. The van der Waals surface area contributed by atoms with Crippen LogP contribution in [-0.4, -0.2) is 43.0 Å². The Kier molecular flexibility index (Phi) is 7.21. The molecule has 6 nitrogen and oxygen atoms in total. The number of aliphatic imine (C=N–C) groups is 1. The molecule has 1 aromatic heterocycles. The predicted molar refractivity (Wildman–Crippen MR) is 113 cm³/mol. The molecule has 0 saturated heterocycles. The molecule has 0 saturated carbocycles. The van der Waals surface area contributed by atoms with Gasteiger partial charge in [0.25, 0.3) is 0 Å². The zero-order valence-electron chi connectivity index (χ0n) is 16.4. The smallest absolute Gasteiger partial charge is 0.191 e. The van der Waals surface area contributed by atoms with Crippen LogP contribution >= 0.6 is 0 Å². The van der Waals surface area contributed by atoms with Crippen molar-refractivity contribution < 1.29 is 4.74 Å². The van der Waals surface area contributed by atoms with Crippen LogP contribution < -0.4 is 10.6 Å². The zero-order chi connectivity index (χ0) is 19.6. The molecule has 0 aliphatic carbocycles. The average Bonchev–Trinajstić information content (AvgIpc) is 3.29. The van der Waals surface area contributed by atoms with Crippen LogP contribution in [0.5, 0.6) is 0 Å². The second-order valence-electron chi connectivity index (χ2n) is 6.38. The summed E-state index contributed by atoms with van der Waals surface area (Å²) in [6.45, 7) is 1.45. The molecule has 0 bridgehead atoms. The molecule has 3 aromatic rings. The Morgan fingerprint density at radius 3 is 2.50 bits per heavy atom. The minimum Gasteiger partial charge on any atom is -0.375 e. The Bertz CT molecular complexity index is 844. The first-order valence-corrected chi connectivity index (χ1v) is 9.41. The SMILES string of the molecule is CN=C(NCCc1ccc(-n2cccn2)cc1)NCC(OC)c1ccccc1. The molecule has 2 N–H and O–H groups in total. The summed E-state index contributed by atoms with van der Waals surface area (Å²) in [5, 5.41) is 10.9. The Morgan fingerprint density at radius 1 is 1.07 bits per heavy atom. The van der Waals surface area contributed by atoms with Crippen molar-refractivity contribution in [3.8, 4) is 5.69 Å². The Morgan fingerprint density at radius 2 is 1.86 bits per heavy atom. The Labute approximate surface area is 166 Å². The fourth-order valence-corrected chi connectivity index (χ4v) is 2.98. The summed E-state index contributed by atoms with van der Waals surface area (Å²) in [6, 6.07) is 20.5. The van der Waals surface area contributed by atoms with Gasteiger partial charge in [-0.2, -0.15) is 5.10 Å². The Balaban J connectivity index is 1.45. The number of nitrogens with one attached hydrogen (secondary N) is 2. The van der Waals surface area contributed by atoms with E-state index in [-0.39, 0.29) is 6.10 Å². The number of benzene rings is 2. The van der Waals surface area contributed by atoms with Crippen LogP contribution in [0.15, 0.2) is 78.0 Å². The molecule has 0 radical (unpaired) electrons. The normalized spacial score (nSPS) is 12.6. The van der Waals surface area contributed by atoms with Gasteiger partial charge in [-0.3, -0.25) is 4.99 Å². The van der Waals surface area contributed by atoms with Crippen LogP contribution in [-0.2, 0) is 11.2 Å². The number of ether oxygens (including phenoxy) is 1. The predicted octanol–water partition coefficient (Wildman–Crippen LogP) is 2.97. The summed E-state index contributed by atoms with van der Waals surface area (Å²) in [4.78, 5) is 4.29. The molecular formula is C22H27N5O. The molecule has 3 rings (SSSR count). The molecule has 0 aliphatic heterocycles. The first kappa shape index (κ1) is 19.6. The van der Waals surface area contributed by atoms with E-state index in [0.717, 1.165) is 30.2 Å². The van der Waals surface area contributed by atoms with Crippen molar-refractivity contribution in [2.24, 2.45) is 4.99 Å². The van der Waals surface area contributed by atoms with Crippen molar-refractivity contribution in [2.45, 2.75) is 12.5 Å². The van der Waals surface area contributed by atoms with Gasteiger partial charge in [-0.1, -0.05) is 42.5 Å². The van der Waals surface area contributed by atoms with Crippen molar-refractivity contribution in [2.75, 3.05) is 27.2 Å². The number of aromatic nitrogens is 2. The lowest BCUT2D eigenvalue weighted by Gasteiger charge is -2.18. The van der Waals surface area contributed by atoms with E-state index in [2.05, 4.69) is 57.1 Å². The topological polar surface area (TPSA) is 63.5 Å². The molecule has 0 spiro atoms. The van der Waals surface area contributed by atoms with Crippen LogP contribution in [0.2, 0.25) is 0 Å². The maximum Gasteiger partial charge on any atom is 0.191 e. The molecule has 0 aliphatic rings. The van der Waals surface area contributed by atoms with Crippen LogP contribution in [0.4, 0.5) is 0 Å². The first-order chi connectivity index (χ1) is 13.8. The molecule has 0 amide bonds. The molecule has 1 atom stereocenters. The van der Waals surface area contributed by atoms with Crippen LogP contribution in [0.1, 0.15) is 17.2 Å². The lowest BCUT2D eigenvalue weighted by atomic mass is 10.1. The average molecular weight is 377 g/mol. The lowest BCUT2D eigenvalue weighted by molar-refractivity contribution is 0.106. The highest BCUT2D eigenvalue weighted by atomic mass is 16.5. The van der Waals surface area contributed by atoms with E-state index in [1.807, 2.05) is 35.1 Å². The van der Waals surface area contributed by atoms with Crippen molar-refractivity contribution >= 4 is 5.96 Å². The maximum absolute atomic E-state index is 5.59. The number of guanidine groups is 1. The van der Waals surface area contributed by atoms with Gasteiger partial charge >= 0.3 is 0 Å². The molecule has 1 heterocycles. The molecule has 2 aromatic carbocycles. The van der Waals surface area contributed by atoms with Gasteiger partial charge in [0.2, 0.25) is 0 Å². The monoisotopic (exact) mass is 377 g/mol. The summed E-state index contributed by atoms with van der Waals surface area (Å²) in [6.07, 6.45) is 4.61. The van der Waals surface area contributed by atoms with Crippen molar-refractivity contribution in [1.82, 2.24) is 20.4 Å². The Hall–Kier alpha value is -3.12. The van der Waals surface area contributed by atoms with Crippen molar-refractivity contribution in [1.29, 1.82) is 0 Å². The summed E-state index contributed by atoms with van der Waals surface area (Å²) < 4.78 is 7.45. The molecular weight excluding hydrogens is 350 g/mol. The third kappa shape index (κ3) is 5.44. The quantitative estimate of drug-likeness (QED) is 0.468. The van der Waals surface area contributed by atoms with Gasteiger partial charge in [0.1, 0.15) is 0 Å². The molecule has 28 heavy (non-hydrogen) atoms. The van der Waals surface area contributed by atoms with Crippen LogP contribution in [0, 0.1) is 0 Å². The van der Waals surface area contributed by atoms with E-state index >= 15 is 0 Å². The van der Waals surface area contributed by atoms with E-state index < -0.39 is 0 Å². The van der Waals surface area contributed by atoms with Gasteiger partial charge in [-0.25, -0.2) is 4.68 Å². The number of methoxy groups -OCH3 is 1. The van der Waals surface area contributed by atoms with E-state index in [0.29, 0.717) is 6.54 Å². The van der Waals surface area contributed by atoms with Gasteiger partial charge in [0, 0.05) is 39.6 Å². The standard InChI is InChI=1S/C22H27N5O/c1-23-22(25-17-21(28-2)19-7-4-3-5-8-19)24-15-13-18-9-11-20(12-10-18)27-16-6-14-26-27/h3-12,14,16,21H,13,15,17H2,1-2H3,(H2,23,24,25). The fourth-order valence-electron chi connectivity index (χ4n) is 2.98. The zero-order valence-corrected chi connectivity index (χ0v) is 16.4. The second kappa shape index (κ2) is 10.3. The second-order valence-corrected chi connectivity index (χ2v) is 6.38. The lowest BCUT2D eigenvalue weighted by Crippen LogP contribution is -2.40. The maximum atomic E-state index is 5.59. The van der Waals surface area contributed by atoms with E-state index in [1.54, 1.807) is 20.4 Å². The van der Waals surface area contributed by atoms with E-state index in [1.165, 1.54) is 5.56 Å².